The van der Waals surface area contributed by atoms with E-state index in [0.717, 1.165) is 38.8 Å². The van der Waals surface area contributed by atoms with E-state index in [0.29, 0.717) is 26.6 Å². The minimum absolute atomic E-state index is 0.374. The third-order valence-corrected chi connectivity index (χ3v) is 6.70. The minimum atomic E-state index is 0.374. The molecule has 2 nitrogen and oxygen atoms in total. The number of thiophene rings is 1. The normalized spacial score (nSPS) is 24.6. The molecule has 1 aliphatic rings. The Morgan fingerprint density at radius 2 is 2.19 bits per heavy atom. The molecule has 0 aromatic carbocycles. The summed E-state index contributed by atoms with van der Waals surface area (Å²) in [6.07, 6.45) is 3.63. The molecule has 1 fully saturated rings. The van der Waals surface area contributed by atoms with Gasteiger partial charge in [-0.25, -0.2) is 0 Å². The molecule has 0 spiro atoms. The molecule has 1 saturated carbocycles. The Morgan fingerprint density at radius 3 is 2.95 bits per heavy atom. The Hall–Kier alpha value is 0.350. The molecule has 1 aliphatic carbocycles. The maximum atomic E-state index is 5.74. The number of hydrogen-bond donors (Lipinski definition) is 0. The first-order valence-corrected chi connectivity index (χ1v) is 12.4. The standard InChI is InChI=1S/C17H28IO2S/c1-4-7-19-8-5-17(2)11-16(17)14-10-15(21-13-14)12-20-9-6-18-3/h10,13,16H,4-9,11-12H2,1-3H3/q-1. The Morgan fingerprint density at radius 1 is 1.33 bits per heavy atom. The van der Waals surface area contributed by atoms with Crippen molar-refractivity contribution in [2.75, 3.05) is 29.2 Å². The second-order valence-electron chi connectivity index (χ2n) is 6.13. The molecule has 4 heteroatoms. The second-order valence-corrected chi connectivity index (χ2v) is 9.73. The van der Waals surface area contributed by atoms with Gasteiger partial charge in [0.25, 0.3) is 0 Å². The van der Waals surface area contributed by atoms with Crippen LogP contribution < -0.4 is 21.2 Å². The SMILES string of the molecule is CCCOCCC1(C)CC1c1csc(COCC[I-]C)c1. The summed E-state index contributed by atoms with van der Waals surface area (Å²) in [6, 6.07) is 2.37. The fourth-order valence-electron chi connectivity index (χ4n) is 2.72. The van der Waals surface area contributed by atoms with Crippen molar-refractivity contribution in [3.63, 3.8) is 0 Å². The van der Waals surface area contributed by atoms with Crippen LogP contribution in [0.3, 0.4) is 0 Å². The number of hydrogen-bond acceptors (Lipinski definition) is 3. The van der Waals surface area contributed by atoms with Gasteiger partial charge in [0.1, 0.15) is 0 Å². The number of rotatable bonds is 11. The summed E-state index contributed by atoms with van der Waals surface area (Å²) in [5.41, 5.74) is 2.00. The molecule has 2 atom stereocenters. The zero-order valence-electron chi connectivity index (χ0n) is 13.5. The van der Waals surface area contributed by atoms with Crippen LogP contribution >= 0.6 is 11.3 Å². The van der Waals surface area contributed by atoms with Gasteiger partial charge >= 0.3 is 124 Å². The Kier molecular flexibility index (Phi) is 7.46. The fourth-order valence-corrected chi connectivity index (χ4v) is 4.34. The molecule has 0 radical (unpaired) electrons. The van der Waals surface area contributed by atoms with E-state index in [1.807, 2.05) is 11.3 Å². The topological polar surface area (TPSA) is 18.5 Å². The van der Waals surface area contributed by atoms with Crippen molar-refractivity contribution in [1.29, 1.82) is 0 Å². The average molecular weight is 423 g/mol. The van der Waals surface area contributed by atoms with Gasteiger partial charge in [-0.2, -0.15) is 0 Å². The molecule has 0 saturated heterocycles. The van der Waals surface area contributed by atoms with Crippen LogP contribution in [0, 0.1) is 5.41 Å². The number of ether oxygens (including phenoxy) is 2. The van der Waals surface area contributed by atoms with E-state index >= 15 is 0 Å². The number of halogens is 1. The van der Waals surface area contributed by atoms with Crippen LogP contribution in [0.5, 0.6) is 0 Å². The van der Waals surface area contributed by atoms with Crippen LogP contribution in [0.2, 0.25) is 0 Å². The quantitative estimate of drug-likeness (QED) is 0.304. The maximum absolute atomic E-state index is 5.74. The zero-order chi connectivity index (χ0) is 15.1. The van der Waals surface area contributed by atoms with Crippen LogP contribution in [0.15, 0.2) is 11.4 Å². The molecular formula is C17H28IO2S-. The molecule has 1 heterocycles. The number of alkyl halides is 2. The monoisotopic (exact) mass is 423 g/mol. The first-order chi connectivity index (χ1) is 10.2. The third kappa shape index (κ3) is 5.48. The molecule has 1 aromatic heterocycles. The predicted molar refractivity (Wildman–Crippen MR) is 86.0 cm³/mol. The van der Waals surface area contributed by atoms with Crippen LogP contribution in [0.25, 0.3) is 0 Å². The van der Waals surface area contributed by atoms with Gasteiger partial charge in [-0.3, -0.25) is 0 Å². The van der Waals surface area contributed by atoms with Gasteiger partial charge in [0.2, 0.25) is 0 Å². The van der Waals surface area contributed by atoms with Crippen molar-refractivity contribution < 1.29 is 30.7 Å². The molecule has 0 bridgehead atoms. The molecule has 2 rings (SSSR count). The summed E-state index contributed by atoms with van der Waals surface area (Å²) < 4.78 is 12.7. The average Bonchev–Trinajstić information content (AvgIpc) is 2.94. The fraction of sp³-hybridized carbons (Fsp3) is 0.765. The van der Waals surface area contributed by atoms with Crippen molar-refractivity contribution in [2.24, 2.45) is 5.41 Å². The molecule has 2 unspecified atom stereocenters. The van der Waals surface area contributed by atoms with Crippen molar-refractivity contribution in [1.82, 2.24) is 0 Å². The summed E-state index contributed by atoms with van der Waals surface area (Å²) in [5, 5.41) is 2.34. The first kappa shape index (κ1) is 17.7. The van der Waals surface area contributed by atoms with Crippen molar-refractivity contribution in [3.05, 3.63) is 21.9 Å². The van der Waals surface area contributed by atoms with E-state index < -0.39 is 0 Å². The summed E-state index contributed by atoms with van der Waals surface area (Å²) in [5.74, 6) is 0.745. The van der Waals surface area contributed by atoms with Gasteiger partial charge in [-0.1, -0.05) is 6.92 Å². The van der Waals surface area contributed by atoms with Gasteiger partial charge in [-0.15, -0.1) is 0 Å². The molecule has 122 valence electrons. The predicted octanol–water partition coefficient (Wildman–Crippen LogP) is 1.29. The molecule has 0 aliphatic heterocycles. The second kappa shape index (κ2) is 8.85. The third-order valence-electron chi connectivity index (χ3n) is 4.25. The molecule has 21 heavy (non-hydrogen) atoms. The molecular weight excluding hydrogens is 395 g/mol. The van der Waals surface area contributed by atoms with Crippen molar-refractivity contribution in [2.45, 2.75) is 45.6 Å². The molecule has 0 amide bonds. The summed E-state index contributed by atoms with van der Waals surface area (Å²) in [7, 11) is 0. The van der Waals surface area contributed by atoms with Crippen molar-refractivity contribution >= 4 is 11.3 Å². The zero-order valence-corrected chi connectivity index (χ0v) is 16.5. The van der Waals surface area contributed by atoms with Gasteiger partial charge in [0, 0.05) is 6.61 Å². The van der Waals surface area contributed by atoms with Crippen LogP contribution in [-0.4, -0.2) is 29.2 Å². The van der Waals surface area contributed by atoms with Crippen LogP contribution in [-0.2, 0) is 16.1 Å². The van der Waals surface area contributed by atoms with E-state index in [1.165, 1.54) is 27.7 Å². The van der Waals surface area contributed by atoms with Crippen LogP contribution in [0.4, 0.5) is 0 Å². The summed E-state index contributed by atoms with van der Waals surface area (Å²) >= 11 is 2.23. The van der Waals surface area contributed by atoms with Gasteiger partial charge < -0.3 is 0 Å². The summed E-state index contributed by atoms with van der Waals surface area (Å²) in [4.78, 5) is 3.69. The van der Waals surface area contributed by atoms with E-state index in [-0.39, 0.29) is 0 Å². The Labute approximate surface area is 143 Å². The Bertz CT molecular complexity index is 421. The van der Waals surface area contributed by atoms with Crippen molar-refractivity contribution in [3.8, 4) is 0 Å². The van der Waals surface area contributed by atoms with E-state index in [9.17, 15) is 0 Å². The van der Waals surface area contributed by atoms with Gasteiger partial charge in [0.15, 0.2) is 0 Å². The molecule has 1 aromatic rings. The van der Waals surface area contributed by atoms with Gasteiger partial charge in [-0.05, 0) is 6.42 Å². The Balaban J connectivity index is 1.72. The van der Waals surface area contributed by atoms with E-state index in [4.69, 9.17) is 9.47 Å². The molecule has 0 N–H and O–H groups in total. The first-order valence-electron chi connectivity index (χ1n) is 7.86. The summed E-state index contributed by atoms with van der Waals surface area (Å²) in [6.45, 7) is 8.14. The van der Waals surface area contributed by atoms with E-state index in [1.54, 1.807) is 0 Å². The van der Waals surface area contributed by atoms with Gasteiger partial charge in [0.05, 0.1) is 0 Å². The van der Waals surface area contributed by atoms with Crippen LogP contribution in [0.1, 0.15) is 49.5 Å². The van der Waals surface area contributed by atoms with E-state index in [2.05, 4.69) is 30.2 Å².